The zero-order valence-corrected chi connectivity index (χ0v) is 12.4. The quantitative estimate of drug-likeness (QED) is 0.878. The molecular formula is C16H21N3O. The van der Waals surface area contributed by atoms with Crippen molar-refractivity contribution in [3.05, 3.63) is 24.0 Å². The van der Waals surface area contributed by atoms with Gasteiger partial charge in [-0.05, 0) is 30.5 Å². The molecule has 3 rings (SSSR count). The molecule has 1 aromatic heterocycles. The maximum Gasteiger partial charge on any atom is 0.227 e. The van der Waals surface area contributed by atoms with Gasteiger partial charge < -0.3 is 10.3 Å². The van der Waals surface area contributed by atoms with Crippen LogP contribution in [0.3, 0.4) is 0 Å². The first kappa shape index (κ1) is 13.2. The Kier molecular flexibility index (Phi) is 2.85. The number of carbonyl (C=O) groups is 1. The van der Waals surface area contributed by atoms with Crippen LogP contribution in [0.15, 0.2) is 18.2 Å². The lowest BCUT2D eigenvalue weighted by atomic mass is 9.96. The summed E-state index contributed by atoms with van der Waals surface area (Å²) >= 11 is 0. The van der Waals surface area contributed by atoms with E-state index in [1.807, 2.05) is 18.2 Å². The molecule has 0 bridgehead atoms. The highest BCUT2D eigenvalue weighted by atomic mass is 16.2. The number of amides is 1. The molecule has 0 aliphatic heterocycles. The van der Waals surface area contributed by atoms with Gasteiger partial charge in [0.2, 0.25) is 5.91 Å². The van der Waals surface area contributed by atoms with Crippen molar-refractivity contribution in [2.75, 3.05) is 5.32 Å². The Labute approximate surface area is 119 Å². The van der Waals surface area contributed by atoms with Crippen LogP contribution in [0.2, 0.25) is 0 Å². The average Bonchev–Trinajstić information content (AvgIpc) is 2.92. The lowest BCUT2D eigenvalue weighted by molar-refractivity contribution is -0.117. The first-order valence-corrected chi connectivity index (χ1v) is 7.16. The first-order chi connectivity index (χ1) is 9.34. The van der Waals surface area contributed by atoms with Gasteiger partial charge in [-0.25, -0.2) is 4.98 Å². The highest BCUT2D eigenvalue weighted by Crippen LogP contribution is 2.38. The van der Waals surface area contributed by atoms with E-state index in [4.69, 9.17) is 0 Å². The molecule has 20 heavy (non-hydrogen) atoms. The fraction of sp³-hybridized carbons (Fsp3) is 0.500. The highest BCUT2D eigenvalue weighted by Gasteiger charge is 2.39. The van der Waals surface area contributed by atoms with Crippen LogP contribution in [0.25, 0.3) is 11.0 Å². The number of aromatic amines is 1. The molecule has 0 spiro atoms. The summed E-state index contributed by atoms with van der Waals surface area (Å²) in [5.41, 5.74) is 2.74. The molecule has 2 aromatic rings. The molecular weight excluding hydrogens is 250 g/mol. The number of carbonyl (C=O) groups excluding carboxylic acids is 1. The van der Waals surface area contributed by atoms with E-state index in [1.54, 1.807) is 0 Å². The largest absolute Gasteiger partial charge is 0.341 e. The van der Waals surface area contributed by atoms with E-state index in [0.29, 0.717) is 5.92 Å². The second-order valence-corrected chi connectivity index (χ2v) is 6.88. The Hall–Kier alpha value is -1.84. The van der Waals surface area contributed by atoms with Gasteiger partial charge in [0.05, 0.1) is 11.0 Å². The zero-order valence-electron chi connectivity index (χ0n) is 12.4. The number of nitrogens with zero attached hydrogens (tertiary/aromatic N) is 1. The summed E-state index contributed by atoms with van der Waals surface area (Å²) in [6.07, 6.45) is 1.01. The van der Waals surface area contributed by atoms with E-state index in [0.717, 1.165) is 29.0 Å². The van der Waals surface area contributed by atoms with Crippen molar-refractivity contribution in [1.82, 2.24) is 9.97 Å². The molecule has 0 unspecified atom stereocenters. The summed E-state index contributed by atoms with van der Waals surface area (Å²) in [5, 5.41) is 2.99. The number of imidazole rings is 1. The first-order valence-electron chi connectivity index (χ1n) is 7.16. The van der Waals surface area contributed by atoms with Gasteiger partial charge in [-0.15, -0.1) is 0 Å². The number of H-pyrrole nitrogens is 1. The zero-order chi connectivity index (χ0) is 14.5. The monoisotopic (exact) mass is 271 g/mol. The van der Waals surface area contributed by atoms with Crippen LogP contribution >= 0.6 is 0 Å². The van der Waals surface area contributed by atoms with Crippen LogP contribution in [-0.4, -0.2) is 15.9 Å². The van der Waals surface area contributed by atoms with Gasteiger partial charge in [0.15, 0.2) is 0 Å². The van der Waals surface area contributed by atoms with Crippen molar-refractivity contribution in [2.45, 2.75) is 39.5 Å². The van der Waals surface area contributed by atoms with Crippen LogP contribution in [0, 0.1) is 11.8 Å². The van der Waals surface area contributed by atoms with Gasteiger partial charge in [0.1, 0.15) is 5.82 Å². The number of hydrogen-bond acceptors (Lipinski definition) is 2. The van der Waals surface area contributed by atoms with Gasteiger partial charge in [0.25, 0.3) is 0 Å². The Bertz CT molecular complexity index is 666. The van der Waals surface area contributed by atoms with Crippen LogP contribution in [0.4, 0.5) is 5.69 Å². The third-order valence-electron chi connectivity index (χ3n) is 3.91. The minimum absolute atomic E-state index is 0.00806. The molecule has 1 fully saturated rings. The van der Waals surface area contributed by atoms with Gasteiger partial charge in [-0.1, -0.05) is 27.7 Å². The van der Waals surface area contributed by atoms with E-state index in [9.17, 15) is 4.79 Å². The summed E-state index contributed by atoms with van der Waals surface area (Å²) in [6, 6.07) is 5.83. The maximum atomic E-state index is 11.9. The summed E-state index contributed by atoms with van der Waals surface area (Å²) in [7, 11) is 0. The van der Waals surface area contributed by atoms with Gasteiger partial charge in [-0.3, -0.25) is 4.79 Å². The van der Waals surface area contributed by atoms with Crippen molar-refractivity contribution >= 4 is 22.6 Å². The van der Waals surface area contributed by atoms with Crippen molar-refractivity contribution in [1.29, 1.82) is 0 Å². The molecule has 1 aromatic carbocycles. The summed E-state index contributed by atoms with van der Waals surface area (Å²) in [6.45, 7) is 8.49. The Morgan fingerprint density at radius 3 is 2.70 bits per heavy atom. The number of nitrogens with one attached hydrogen (secondary N) is 2. The SMILES string of the molecule is C[C@@H]1C[C@@H]1C(=O)Nc1ccc2nc(C(C)(C)C)[nH]c2c1. The summed E-state index contributed by atoms with van der Waals surface area (Å²) < 4.78 is 0. The number of aromatic nitrogens is 2. The molecule has 4 nitrogen and oxygen atoms in total. The Balaban J connectivity index is 1.85. The molecule has 1 saturated carbocycles. The predicted octanol–water partition coefficient (Wildman–Crippen LogP) is 3.45. The van der Waals surface area contributed by atoms with Crippen LogP contribution in [-0.2, 0) is 10.2 Å². The lowest BCUT2D eigenvalue weighted by Crippen LogP contribution is -2.14. The molecule has 0 saturated heterocycles. The molecule has 1 aliphatic carbocycles. The molecule has 2 N–H and O–H groups in total. The van der Waals surface area contributed by atoms with Crippen molar-refractivity contribution in [3.63, 3.8) is 0 Å². The van der Waals surface area contributed by atoms with Crippen molar-refractivity contribution < 1.29 is 4.79 Å². The predicted molar refractivity (Wildman–Crippen MR) is 80.7 cm³/mol. The second-order valence-electron chi connectivity index (χ2n) is 6.88. The number of benzene rings is 1. The van der Waals surface area contributed by atoms with E-state index >= 15 is 0 Å². The smallest absolute Gasteiger partial charge is 0.227 e. The number of anilines is 1. The maximum absolute atomic E-state index is 11.9. The van der Waals surface area contributed by atoms with E-state index in [-0.39, 0.29) is 17.2 Å². The Morgan fingerprint density at radius 2 is 2.10 bits per heavy atom. The molecule has 2 atom stereocenters. The van der Waals surface area contributed by atoms with Crippen molar-refractivity contribution in [2.24, 2.45) is 11.8 Å². The van der Waals surface area contributed by atoms with E-state index in [1.165, 1.54) is 0 Å². The van der Waals surface area contributed by atoms with Crippen molar-refractivity contribution in [3.8, 4) is 0 Å². The minimum Gasteiger partial charge on any atom is -0.341 e. The molecule has 1 aliphatic rings. The molecule has 1 heterocycles. The second kappa shape index (κ2) is 4.33. The molecule has 1 amide bonds. The van der Waals surface area contributed by atoms with Gasteiger partial charge in [0, 0.05) is 17.0 Å². The van der Waals surface area contributed by atoms with E-state index < -0.39 is 0 Å². The number of hydrogen-bond donors (Lipinski definition) is 2. The normalized spacial score (nSPS) is 22.0. The molecule has 0 radical (unpaired) electrons. The fourth-order valence-corrected chi connectivity index (χ4v) is 2.36. The average molecular weight is 271 g/mol. The Morgan fingerprint density at radius 1 is 1.40 bits per heavy atom. The highest BCUT2D eigenvalue weighted by molar-refractivity contribution is 5.96. The number of fused-ring (bicyclic) bond motifs is 1. The third kappa shape index (κ3) is 2.42. The molecule has 4 heteroatoms. The van der Waals surface area contributed by atoms with E-state index in [2.05, 4.69) is 43.0 Å². The van der Waals surface area contributed by atoms with Gasteiger partial charge in [-0.2, -0.15) is 0 Å². The fourth-order valence-electron chi connectivity index (χ4n) is 2.36. The minimum atomic E-state index is -0.00806. The summed E-state index contributed by atoms with van der Waals surface area (Å²) in [5.74, 6) is 1.81. The lowest BCUT2D eigenvalue weighted by Gasteiger charge is -2.13. The van der Waals surface area contributed by atoms with Gasteiger partial charge >= 0.3 is 0 Å². The molecule has 106 valence electrons. The van der Waals surface area contributed by atoms with Crippen LogP contribution in [0.1, 0.15) is 39.9 Å². The standard InChI is InChI=1S/C16H21N3O/c1-9-7-11(9)14(20)17-10-5-6-12-13(8-10)19-15(18-12)16(2,3)4/h5-6,8-9,11H,7H2,1-4H3,(H,17,20)(H,18,19)/t9-,11+/m1/s1. The number of rotatable bonds is 2. The summed E-state index contributed by atoms with van der Waals surface area (Å²) in [4.78, 5) is 19.9. The van der Waals surface area contributed by atoms with Crippen LogP contribution in [0.5, 0.6) is 0 Å². The topological polar surface area (TPSA) is 57.8 Å². The third-order valence-corrected chi connectivity index (χ3v) is 3.91. The van der Waals surface area contributed by atoms with Crippen LogP contribution < -0.4 is 5.32 Å².